The number of pyridine rings is 1. The Hall–Kier alpha value is -2.25. The molecule has 2 aliphatic heterocycles. The zero-order valence-electron chi connectivity index (χ0n) is 17.0. The molecule has 0 spiro atoms. The lowest BCUT2D eigenvalue weighted by atomic mass is 10.1. The maximum atomic E-state index is 5.72. The molecule has 2 aromatic rings. The predicted octanol–water partition coefficient (Wildman–Crippen LogP) is 2.47. The van der Waals surface area contributed by atoms with Gasteiger partial charge in [-0.05, 0) is 31.9 Å². The van der Waals surface area contributed by atoms with Crippen molar-refractivity contribution in [2.24, 2.45) is 0 Å². The van der Waals surface area contributed by atoms with Crippen molar-refractivity contribution in [3.05, 3.63) is 29.6 Å². The molecule has 0 bridgehead atoms. The van der Waals surface area contributed by atoms with Crippen LogP contribution in [0.1, 0.15) is 25.1 Å². The van der Waals surface area contributed by atoms with Crippen LogP contribution < -0.4 is 9.80 Å². The zero-order valence-corrected chi connectivity index (χ0v) is 17.0. The molecule has 28 heavy (non-hydrogen) atoms. The molecule has 0 aromatic carbocycles. The van der Waals surface area contributed by atoms with Gasteiger partial charge in [0.05, 0.1) is 25.9 Å². The molecule has 2 aromatic heterocycles. The smallest absolute Gasteiger partial charge is 0.165 e. The molecule has 2 fully saturated rings. The Kier molecular flexibility index (Phi) is 5.73. The quantitative estimate of drug-likeness (QED) is 0.804. The summed E-state index contributed by atoms with van der Waals surface area (Å²) in [6.45, 7) is 11.9. The Morgan fingerprint density at radius 2 is 1.75 bits per heavy atom. The standard InChI is InChI=1S/C21H29N5O2/c1-4-17-11-15(2)22-13-18(17)21-23-19(25-5-8-27-9-6-25)12-20(24-21)26-7-10-28-16(3)14-26/h11-13,16H,4-10,14H2,1-3H3. The van der Waals surface area contributed by atoms with E-state index in [4.69, 9.17) is 19.4 Å². The first-order valence-corrected chi connectivity index (χ1v) is 10.2. The van der Waals surface area contributed by atoms with Gasteiger partial charge in [-0.3, -0.25) is 4.98 Å². The Bertz CT molecular complexity index is 822. The molecule has 1 unspecified atom stereocenters. The molecule has 0 N–H and O–H groups in total. The molecule has 0 radical (unpaired) electrons. The molecule has 0 aliphatic carbocycles. The van der Waals surface area contributed by atoms with Crippen LogP contribution in [0.2, 0.25) is 0 Å². The van der Waals surface area contributed by atoms with Crippen LogP contribution >= 0.6 is 0 Å². The van der Waals surface area contributed by atoms with Gasteiger partial charge in [0.1, 0.15) is 11.6 Å². The summed E-state index contributed by atoms with van der Waals surface area (Å²) in [4.78, 5) is 19.0. The molecular formula is C21H29N5O2. The molecule has 0 saturated carbocycles. The van der Waals surface area contributed by atoms with Crippen molar-refractivity contribution in [2.45, 2.75) is 33.3 Å². The summed E-state index contributed by atoms with van der Waals surface area (Å²) < 4.78 is 11.2. The first-order valence-electron chi connectivity index (χ1n) is 10.2. The Labute approximate surface area is 166 Å². The van der Waals surface area contributed by atoms with E-state index in [-0.39, 0.29) is 6.10 Å². The van der Waals surface area contributed by atoms with Crippen LogP contribution in [0.4, 0.5) is 11.6 Å². The van der Waals surface area contributed by atoms with E-state index in [1.807, 2.05) is 13.1 Å². The van der Waals surface area contributed by atoms with E-state index in [1.165, 1.54) is 5.56 Å². The first-order chi connectivity index (χ1) is 13.6. The van der Waals surface area contributed by atoms with Crippen molar-refractivity contribution in [1.82, 2.24) is 15.0 Å². The summed E-state index contributed by atoms with van der Waals surface area (Å²) >= 11 is 0. The second-order valence-electron chi connectivity index (χ2n) is 7.47. The third-order valence-electron chi connectivity index (χ3n) is 5.35. The van der Waals surface area contributed by atoms with E-state index in [9.17, 15) is 0 Å². The average Bonchev–Trinajstić information content (AvgIpc) is 2.74. The Balaban J connectivity index is 1.77. The summed E-state index contributed by atoms with van der Waals surface area (Å²) in [7, 11) is 0. The van der Waals surface area contributed by atoms with Gasteiger partial charge >= 0.3 is 0 Å². The lowest BCUT2D eigenvalue weighted by Gasteiger charge is -2.33. The van der Waals surface area contributed by atoms with Crippen LogP contribution in [0.15, 0.2) is 18.3 Å². The molecule has 7 heteroatoms. The zero-order chi connectivity index (χ0) is 19.5. The summed E-state index contributed by atoms with van der Waals surface area (Å²) in [5.41, 5.74) is 3.27. The average molecular weight is 383 g/mol. The number of morpholine rings is 2. The van der Waals surface area contributed by atoms with Crippen LogP contribution in [0, 0.1) is 6.92 Å². The van der Waals surface area contributed by atoms with Crippen molar-refractivity contribution < 1.29 is 9.47 Å². The second kappa shape index (κ2) is 8.41. The maximum absolute atomic E-state index is 5.72. The first kappa shape index (κ1) is 19.1. The van der Waals surface area contributed by atoms with E-state index in [0.717, 1.165) is 81.1 Å². The molecule has 0 amide bonds. The number of rotatable bonds is 4. The highest BCUT2D eigenvalue weighted by atomic mass is 16.5. The summed E-state index contributed by atoms with van der Waals surface area (Å²) in [5, 5.41) is 0. The fourth-order valence-corrected chi connectivity index (χ4v) is 3.80. The van der Waals surface area contributed by atoms with Crippen LogP contribution in [-0.2, 0) is 15.9 Å². The van der Waals surface area contributed by atoms with Gasteiger partial charge in [-0.1, -0.05) is 6.92 Å². The molecule has 2 saturated heterocycles. The van der Waals surface area contributed by atoms with Gasteiger partial charge in [-0.15, -0.1) is 0 Å². The van der Waals surface area contributed by atoms with E-state index in [2.05, 4.69) is 40.8 Å². The van der Waals surface area contributed by atoms with Gasteiger partial charge in [0.25, 0.3) is 0 Å². The highest BCUT2D eigenvalue weighted by molar-refractivity contribution is 5.65. The number of nitrogens with zero attached hydrogens (tertiary/aromatic N) is 5. The van der Waals surface area contributed by atoms with E-state index in [1.54, 1.807) is 0 Å². The van der Waals surface area contributed by atoms with Crippen molar-refractivity contribution in [3.63, 3.8) is 0 Å². The van der Waals surface area contributed by atoms with Gasteiger partial charge < -0.3 is 19.3 Å². The number of hydrogen-bond acceptors (Lipinski definition) is 7. The maximum Gasteiger partial charge on any atom is 0.165 e. The van der Waals surface area contributed by atoms with Crippen molar-refractivity contribution in [2.75, 3.05) is 55.8 Å². The minimum absolute atomic E-state index is 0.200. The van der Waals surface area contributed by atoms with Gasteiger partial charge in [0.15, 0.2) is 5.82 Å². The topological polar surface area (TPSA) is 63.6 Å². The van der Waals surface area contributed by atoms with Gasteiger partial charge in [0.2, 0.25) is 0 Å². The lowest BCUT2D eigenvalue weighted by Crippen LogP contribution is -2.42. The summed E-state index contributed by atoms with van der Waals surface area (Å²) in [6, 6.07) is 4.25. The molecule has 2 aliphatic rings. The minimum atomic E-state index is 0.200. The lowest BCUT2D eigenvalue weighted by molar-refractivity contribution is 0.0529. The van der Waals surface area contributed by atoms with Gasteiger partial charge in [-0.2, -0.15) is 0 Å². The van der Waals surface area contributed by atoms with E-state index in [0.29, 0.717) is 0 Å². The van der Waals surface area contributed by atoms with Crippen molar-refractivity contribution in [3.8, 4) is 11.4 Å². The van der Waals surface area contributed by atoms with E-state index >= 15 is 0 Å². The second-order valence-corrected chi connectivity index (χ2v) is 7.47. The largest absolute Gasteiger partial charge is 0.378 e. The molecular weight excluding hydrogens is 354 g/mol. The predicted molar refractivity (Wildman–Crippen MR) is 110 cm³/mol. The normalized spacial score (nSPS) is 20.5. The number of aryl methyl sites for hydroxylation is 2. The fourth-order valence-electron chi connectivity index (χ4n) is 3.80. The number of aromatic nitrogens is 3. The van der Waals surface area contributed by atoms with Crippen LogP contribution in [0.25, 0.3) is 11.4 Å². The SMILES string of the molecule is CCc1cc(C)ncc1-c1nc(N2CCOCC2)cc(N2CCOC(C)C2)n1. The van der Waals surface area contributed by atoms with Crippen LogP contribution in [0.5, 0.6) is 0 Å². The van der Waals surface area contributed by atoms with Crippen molar-refractivity contribution in [1.29, 1.82) is 0 Å². The minimum Gasteiger partial charge on any atom is -0.378 e. The fraction of sp³-hybridized carbons (Fsp3) is 0.571. The molecule has 4 rings (SSSR count). The van der Waals surface area contributed by atoms with Gasteiger partial charge in [0, 0.05) is 49.7 Å². The molecule has 4 heterocycles. The van der Waals surface area contributed by atoms with Crippen LogP contribution in [0.3, 0.4) is 0 Å². The highest BCUT2D eigenvalue weighted by Crippen LogP contribution is 2.28. The van der Waals surface area contributed by atoms with Crippen LogP contribution in [-0.4, -0.2) is 67.1 Å². The molecule has 7 nitrogen and oxygen atoms in total. The third kappa shape index (κ3) is 4.10. The Morgan fingerprint density at radius 3 is 2.46 bits per heavy atom. The summed E-state index contributed by atoms with van der Waals surface area (Å²) in [6.07, 6.45) is 3.04. The summed E-state index contributed by atoms with van der Waals surface area (Å²) in [5.74, 6) is 2.68. The number of ether oxygens (including phenoxy) is 2. The molecule has 150 valence electrons. The Morgan fingerprint density at radius 1 is 1.04 bits per heavy atom. The van der Waals surface area contributed by atoms with E-state index < -0.39 is 0 Å². The molecule has 1 atom stereocenters. The monoisotopic (exact) mass is 383 g/mol. The number of anilines is 2. The number of hydrogen-bond donors (Lipinski definition) is 0. The third-order valence-corrected chi connectivity index (χ3v) is 5.35. The van der Waals surface area contributed by atoms with Gasteiger partial charge in [-0.25, -0.2) is 9.97 Å². The highest BCUT2D eigenvalue weighted by Gasteiger charge is 2.22. The van der Waals surface area contributed by atoms with Crippen molar-refractivity contribution >= 4 is 11.6 Å².